The van der Waals surface area contributed by atoms with Crippen LogP contribution in [0.1, 0.15) is 36.4 Å². The third-order valence-corrected chi connectivity index (χ3v) is 4.54. The van der Waals surface area contributed by atoms with E-state index >= 15 is 0 Å². The maximum absolute atomic E-state index is 5.92. The fraction of sp³-hybridized carbons (Fsp3) is 0.750. The van der Waals surface area contributed by atoms with Crippen molar-refractivity contribution in [2.75, 3.05) is 25.1 Å². The monoisotopic (exact) mass is 255 g/mol. The molecule has 0 radical (unpaired) electrons. The highest BCUT2D eigenvalue weighted by molar-refractivity contribution is 7.15. The van der Waals surface area contributed by atoms with Crippen molar-refractivity contribution in [3.63, 3.8) is 0 Å². The highest BCUT2D eigenvalue weighted by atomic mass is 32.1. The Morgan fingerprint density at radius 3 is 2.94 bits per heavy atom. The third kappa shape index (κ3) is 2.97. The molecule has 2 rings (SSSR count). The smallest absolute Gasteiger partial charge is 0.185 e. The molecule has 17 heavy (non-hydrogen) atoms. The van der Waals surface area contributed by atoms with Gasteiger partial charge in [0.1, 0.15) is 0 Å². The Kier molecular flexibility index (Phi) is 4.01. The molecule has 0 saturated carbocycles. The van der Waals surface area contributed by atoms with E-state index in [0.29, 0.717) is 6.10 Å². The molecule has 4 nitrogen and oxygen atoms in total. The number of hydrogen-bond acceptors (Lipinski definition) is 5. The van der Waals surface area contributed by atoms with Crippen LogP contribution in [-0.4, -0.2) is 31.3 Å². The van der Waals surface area contributed by atoms with Gasteiger partial charge < -0.3 is 15.4 Å². The standard InChI is InChI=1S/C12H21N3OS/c1-8(13)11-9(2)14-12(17-11)15(3)7-10-5-4-6-16-10/h8,10H,4-7,13H2,1-3H3. The van der Waals surface area contributed by atoms with Crippen LogP contribution in [0.4, 0.5) is 5.13 Å². The van der Waals surface area contributed by atoms with E-state index in [1.807, 2.05) is 13.8 Å². The summed E-state index contributed by atoms with van der Waals surface area (Å²) >= 11 is 1.69. The molecule has 2 N–H and O–H groups in total. The lowest BCUT2D eigenvalue weighted by Gasteiger charge is -2.19. The van der Waals surface area contributed by atoms with Crippen molar-refractivity contribution < 1.29 is 4.74 Å². The second-order valence-corrected chi connectivity index (χ2v) is 5.76. The number of anilines is 1. The summed E-state index contributed by atoms with van der Waals surface area (Å²) in [5, 5.41) is 1.05. The van der Waals surface area contributed by atoms with Gasteiger partial charge in [-0.2, -0.15) is 0 Å². The van der Waals surface area contributed by atoms with Crippen molar-refractivity contribution in [3.05, 3.63) is 10.6 Å². The van der Waals surface area contributed by atoms with Crippen LogP contribution in [0, 0.1) is 6.92 Å². The first-order valence-electron chi connectivity index (χ1n) is 6.13. The molecular formula is C12H21N3OS. The molecule has 5 heteroatoms. The van der Waals surface area contributed by atoms with Crippen LogP contribution in [0.25, 0.3) is 0 Å². The lowest BCUT2D eigenvalue weighted by molar-refractivity contribution is 0.116. The van der Waals surface area contributed by atoms with Gasteiger partial charge in [-0.3, -0.25) is 0 Å². The summed E-state index contributed by atoms with van der Waals surface area (Å²) in [6.45, 7) is 5.86. The van der Waals surface area contributed by atoms with Gasteiger partial charge in [0.25, 0.3) is 0 Å². The maximum atomic E-state index is 5.92. The van der Waals surface area contributed by atoms with Crippen LogP contribution in [0.3, 0.4) is 0 Å². The van der Waals surface area contributed by atoms with E-state index in [0.717, 1.165) is 30.4 Å². The summed E-state index contributed by atoms with van der Waals surface area (Å²) in [5.74, 6) is 0. The molecule has 1 saturated heterocycles. The van der Waals surface area contributed by atoms with Gasteiger partial charge in [0, 0.05) is 31.1 Å². The minimum absolute atomic E-state index is 0.0670. The number of thiazole rings is 1. The summed E-state index contributed by atoms with van der Waals surface area (Å²) in [6.07, 6.45) is 2.71. The van der Waals surface area contributed by atoms with Gasteiger partial charge >= 0.3 is 0 Å². The van der Waals surface area contributed by atoms with Gasteiger partial charge in [-0.1, -0.05) is 0 Å². The van der Waals surface area contributed by atoms with Gasteiger partial charge in [-0.15, -0.1) is 11.3 Å². The number of ether oxygens (including phenoxy) is 1. The summed E-state index contributed by atoms with van der Waals surface area (Å²) < 4.78 is 5.64. The number of aryl methyl sites for hydroxylation is 1. The lowest BCUT2D eigenvalue weighted by atomic mass is 10.2. The van der Waals surface area contributed by atoms with Gasteiger partial charge in [0.05, 0.1) is 11.8 Å². The number of nitrogens with two attached hydrogens (primary N) is 1. The molecule has 0 spiro atoms. The number of nitrogens with zero attached hydrogens (tertiary/aromatic N) is 2. The molecule has 1 aromatic rings. The Morgan fingerprint density at radius 1 is 1.65 bits per heavy atom. The zero-order valence-electron chi connectivity index (χ0n) is 10.8. The predicted octanol–water partition coefficient (Wildman–Crippen LogP) is 2.09. The Bertz CT molecular complexity index is 372. The Morgan fingerprint density at radius 2 is 2.41 bits per heavy atom. The van der Waals surface area contributed by atoms with E-state index in [1.54, 1.807) is 11.3 Å². The van der Waals surface area contributed by atoms with Crippen LogP contribution in [0.2, 0.25) is 0 Å². The number of rotatable bonds is 4. The fourth-order valence-corrected chi connectivity index (χ4v) is 3.14. The molecule has 0 bridgehead atoms. The quantitative estimate of drug-likeness (QED) is 0.895. The Balaban J connectivity index is 2.03. The number of aromatic nitrogens is 1. The highest BCUT2D eigenvalue weighted by Gasteiger charge is 2.20. The summed E-state index contributed by atoms with van der Waals surface area (Å²) in [5.41, 5.74) is 6.97. The summed E-state index contributed by atoms with van der Waals surface area (Å²) in [6, 6.07) is 0.0670. The SMILES string of the molecule is Cc1nc(N(C)CC2CCCO2)sc1C(C)N. The Hall–Kier alpha value is -0.650. The van der Waals surface area contributed by atoms with E-state index in [4.69, 9.17) is 10.5 Å². The van der Waals surface area contributed by atoms with E-state index in [1.165, 1.54) is 11.3 Å². The topological polar surface area (TPSA) is 51.4 Å². The van der Waals surface area contributed by atoms with Gasteiger partial charge in [0.15, 0.2) is 5.13 Å². The second kappa shape index (κ2) is 5.33. The largest absolute Gasteiger partial charge is 0.376 e. The average molecular weight is 255 g/mol. The van der Waals surface area contributed by atoms with Crippen molar-refractivity contribution in [1.82, 2.24) is 4.98 Å². The molecule has 0 aromatic carbocycles. The zero-order chi connectivity index (χ0) is 12.4. The van der Waals surface area contributed by atoms with E-state index in [-0.39, 0.29) is 6.04 Å². The van der Waals surface area contributed by atoms with Crippen LogP contribution in [-0.2, 0) is 4.74 Å². The molecule has 2 atom stereocenters. The van der Waals surface area contributed by atoms with Crippen LogP contribution in [0.5, 0.6) is 0 Å². The molecule has 1 aromatic heterocycles. The molecular weight excluding hydrogens is 234 g/mol. The fourth-order valence-electron chi connectivity index (χ4n) is 2.15. The molecule has 1 aliphatic rings. The van der Waals surface area contributed by atoms with Crippen LogP contribution < -0.4 is 10.6 Å². The molecule has 96 valence electrons. The number of hydrogen-bond donors (Lipinski definition) is 1. The predicted molar refractivity (Wildman–Crippen MR) is 71.7 cm³/mol. The van der Waals surface area contributed by atoms with Gasteiger partial charge in [-0.25, -0.2) is 4.98 Å². The van der Waals surface area contributed by atoms with Crippen molar-refractivity contribution in [2.45, 2.75) is 38.8 Å². The van der Waals surface area contributed by atoms with E-state index in [2.05, 4.69) is 16.9 Å². The summed E-state index contributed by atoms with van der Waals surface area (Å²) in [7, 11) is 2.07. The Labute approximate surface area is 107 Å². The maximum Gasteiger partial charge on any atom is 0.185 e. The zero-order valence-corrected chi connectivity index (χ0v) is 11.6. The van der Waals surface area contributed by atoms with Gasteiger partial charge in [0.2, 0.25) is 0 Å². The molecule has 0 aliphatic carbocycles. The molecule has 2 unspecified atom stereocenters. The number of likely N-dealkylation sites (N-methyl/N-ethyl adjacent to an activating group) is 1. The first-order chi connectivity index (χ1) is 8.08. The summed E-state index contributed by atoms with van der Waals surface area (Å²) in [4.78, 5) is 7.94. The molecule has 2 heterocycles. The normalized spacial score (nSPS) is 21.8. The minimum Gasteiger partial charge on any atom is -0.376 e. The minimum atomic E-state index is 0.0670. The van der Waals surface area contributed by atoms with E-state index in [9.17, 15) is 0 Å². The van der Waals surface area contributed by atoms with Gasteiger partial charge in [-0.05, 0) is 26.7 Å². The molecule has 1 aliphatic heterocycles. The molecule has 1 fully saturated rings. The first kappa shape index (κ1) is 12.8. The lowest BCUT2D eigenvalue weighted by Crippen LogP contribution is -2.28. The first-order valence-corrected chi connectivity index (χ1v) is 6.95. The van der Waals surface area contributed by atoms with Crippen molar-refractivity contribution in [1.29, 1.82) is 0 Å². The molecule has 0 amide bonds. The van der Waals surface area contributed by atoms with E-state index < -0.39 is 0 Å². The van der Waals surface area contributed by atoms with Crippen LogP contribution in [0.15, 0.2) is 0 Å². The second-order valence-electron chi connectivity index (χ2n) is 4.75. The van der Waals surface area contributed by atoms with Crippen LogP contribution >= 0.6 is 11.3 Å². The highest BCUT2D eigenvalue weighted by Crippen LogP contribution is 2.29. The van der Waals surface area contributed by atoms with Crippen molar-refractivity contribution >= 4 is 16.5 Å². The van der Waals surface area contributed by atoms with Crippen molar-refractivity contribution in [2.24, 2.45) is 5.73 Å². The third-order valence-electron chi connectivity index (χ3n) is 3.06. The average Bonchev–Trinajstić information content (AvgIpc) is 2.86. The van der Waals surface area contributed by atoms with Crippen molar-refractivity contribution in [3.8, 4) is 0 Å².